The van der Waals surface area contributed by atoms with Gasteiger partial charge in [0, 0.05) is 26.7 Å². The van der Waals surface area contributed by atoms with Crippen LogP contribution < -0.4 is 10.6 Å². The third-order valence-corrected chi connectivity index (χ3v) is 6.20. The van der Waals surface area contributed by atoms with Crippen molar-refractivity contribution in [2.24, 2.45) is 34.1 Å². The van der Waals surface area contributed by atoms with E-state index >= 15 is 0 Å². The van der Waals surface area contributed by atoms with E-state index < -0.39 is 0 Å². The molecule has 7 nitrogen and oxygen atoms in total. The highest BCUT2D eigenvalue weighted by Gasteiger charge is 2.58. The van der Waals surface area contributed by atoms with Crippen molar-refractivity contribution in [1.82, 2.24) is 15.5 Å². The molecule has 3 rings (SSSR count). The van der Waals surface area contributed by atoms with E-state index in [4.69, 9.17) is 4.74 Å². The molecule has 2 amide bonds. The number of imide groups is 1. The Morgan fingerprint density at radius 3 is 2.32 bits per heavy atom. The van der Waals surface area contributed by atoms with Gasteiger partial charge in [-0.25, -0.2) is 0 Å². The van der Waals surface area contributed by atoms with Gasteiger partial charge in [-0.05, 0) is 30.6 Å². The quantitative estimate of drug-likeness (QED) is 0.297. The molecule has 2 fully saturated rings. The summed E-state index contributed by atoms with van der Waals surface area (Å²) >= 11 is 0. The predicted molar refractivity (Wildman–Crippen MR) is 109 cm³/mol. The van der Waals surface area contributed by atoms with Gasteiger partial charge < -0.3 is 15.4 Å². The molecule has 1 saturated heterocycles. The lowest BCUT2D eigenvalue weighted by Gasteiger charge is -2.28. The first kappa shape index (κ1) is 20.8. The first-order valence-corrected chi connectivity index (χ1v) is 10.4. The fourth-order valence-corrected chi connectivity index (χ4v) is 4.69. The van der Waals surface area contributed by atoms with Crippen LogP contribution in [0.25, 0.3) is 0 Å². The van der Waals surface area contributed by atoms with Crippen LogP contribution in [0, 0.1) is 29.1 Å². The molecule has 0 aromatic rings. The molecule has 2 aliphatic carbocycles. The molecule has 1 heterocycles. The lowest BCUT2D eigenvalue weighted by atomic mass is 9.85. The molecule has 2 N–H and O–H groups in total. The second-order valence-electron chi connectivity index (χ2n) is 9.06. The summed E-state index contributed by atoms with van der Waals surface area (Å²) in [5.41, 5.74) is -0.00483. The van der Waals surface area contributed by atoms with Crippen molar-refractivity contribution in [2.45, 2.75) is 40.2 Å². The monoisotopic (exact) mass is 390 g/mol. The Hall–Kier alpha value is -1.89. The van der Waals surface area contributed by atoms with E-state index in [0.717, 1.165) is 13.0 Å². The molecule has 0 aromatic heterocycles. The Labute approximate surface area is 168 Å². The minimum Gasteiger partial charge on any atom is -0.379 e. The number of fused-ring (bicyclic) bond motifs is 5. The van der Waals surface area contributed by atoms with Gasteiger partial charge in [-0.2, -0.15) is 0 Å². The number of carbonyl (C=O) groups excluding carboxylic acids is 2. The molecule has 2 bridgehead atoms. The first-order valence-electron chi connectivity index (χ1n) is 10.4. The van der Waals surface area contributed by atoms with Crippen molar-refractivity contribution in [3.05, 3.63) is 12.2 Å². The minimum absolute atomic E-state index is 0.00256. The normalized spacial score (nSPS) is 30.2. The number of amides is 2. The number of ether oxygens (including phenoxy) is 1. The van der Waals surface area contributed by atoms with Gasteiger partial charge in [-0.15, -0.1) is 0 Å². The molecule has 1 aliphatic heterocycles. The van der Waals surface area contributed by atoms with Crippen molar-refractivity contribution in [3.63, 3.8) is 0 Å². The van der Waals surface area contributed by atoms with Crippen LogP contribution in [0.1, 0.15) is 34.1 Å². The molecular formula is C21H34N4O3. The summed E-state index contributed by atoms with van der Waals surface area (Å²) < 4.78 is 5.56. The number of likely N-dealkylation sites (tertiary alicyclic amines) is 1. The van der Waals surface area contributed by atoms with Crippen molar-refractivity contribution in [2.75, 3.05) is 33.3 Å². The number of methoxy groups -OCH3 is 1. The second-order valence-corrected chi connectivity index (χ2v) is 9.06. The zero-order valence-corrected chi connectivity index (χ0v) is 17.7. The summed E-state index contributed by atoms with van der Waals surface area (Å²) in [7, 11) is 1.70. The number of hydrogen-bond acceptors (Lipinski definition) is 4. The molecular weight excluding hydrogens is 356 g/mol. The van der Waals surface area contributed by atoms with Gasteiger partial charge in [-0.1, -0.05) is 32.9 Å². The number of carbonyl (C=O) groups is 2. The summed E-state index contributed by atoms with van der Waals surface area (Å²) in [4.78, 5) is 31.5. The van der Waals surface area contributed by atoms with Gasteiger partial charge in [0.1, 0.15) is 0 Å². The largest absolute Gasteiger partial charge is 0.379 e. The molecule has 156 valence electrons. The summed E-state index contributed by atoms with van der Waals surface area (Å²) in [6.07, 6.45) is 5.21. The van der Waals surface area contributed by atoms with Crippen LogP contribution in [-0.2, 0) is 14.3 Å². The molecule has 1 saturated carbocycles. The van der Waals surface area contributed by atoms with Gasteiger partial charge >= 0.3 is 0 Å². The molecule has 3 aliphatic rings. The molecule has 0 spiro atoms. The van der Waals surface area contributed by atoms with Crippen LogP contribution in [0.3, 0.4) is 0 Å². The van der Waals surface area contributed by atoms with Crippen molar-refractivity contribution >= 4 is 17.8 Å². The van der Waals surface area contributed by atoms with Gasteiger partial charge in [0.25, 0.3) is 0 Å². The second kappa shape index (κ2) is 8.23. The first-order chi connectivity index (χ1) is 13.3. The van der Waals surface area contributed by atoms with Crippen LogP contribution in [0.4, 0.5) is 0 Å². The Balaban J connectivity index is 1.54. The maximum Gasteiger partial charge on any atom is 0.233 e. The third kappa shape index (κ3) is 3.95. The van der Waals surface area contributed by atoms with Crippen molar-refractivity contribution < 1.29 is 14.3 Å². The van der Waals surface area contributed by atoms with Crippen molar-refractivity contribution in [1.29, 1.82) is 0 Å². The van der Waals surface area contributed by atoms with Crippen LogP contribution >= 0.6 is 0 Å². The number of aliphatic imine (C=N–C) groups is 1. The molecule has 28 heavy (non-hydrogen) atoms. The average Bonchev–Trinajstić information content (AvgIpc) is 3.30. The van der Waals surface area contributed by atoms with E-state index in [0.29, 0.717) is 25.6 Å². The highest BCUT2D eigenvalue weighted by atomic mass is 16.5. The number of nitrogens with zero attached hydrogens (tertiary/aromatic N) is 2. The maximum absolute atomic E-state index is 12.7. The van der Waals surface area contributed by atoms with Crippen molar-refractivity contribution in [3.8, 4) is 0 Å². The fourth-order valence-electron chi connectivity index (χ4n) is 4.69. The topological polar surface area (TPSA) is 83.0 Å². The number of nitrogens with one attached hydrogen (secondary N) is 2. The van der Waals surface area contributed by atoms with E-state index in [9.17, 15) is 9.59 Å². The summed E-state index contributed by atoms with van der Waals surface area (Å²) in [5.74, 6) is 0.941. The maximum atomic E-state index is 12.7. The fraction of sp³-hybridized carbons (Fsp3) is 0.762. The van der Waals surface area contributed by atoms with Crippen LogP contribution in [0.2, 0.25) is 0 Å². The summed E-state index contributed by atoms with van der Waals surface area (Å²) in [5, 5.41) is 6.46. The average molecular weight is 391 g/mol. The molecule has 5 atom stereocenters. The van der Waals surface area contributed by atoms with Crippen LogP contribution in [0.5, 0.6) is 0 Å². The number of rotatable bonds is 7. The van der Waals surface area contributed by atoms with E-state index in [-0.39, 0.29) is 47.0 Å². The lowest BCUT2D eigenvalue weighted by Crippen LogP contribution is -2.44. The number of allylic oxidation sites excluding steroid dienone is 2. The Kier molecular flexibility index (Phi) is 6.12. The smallest absolute Gasteiger partial charge is 0.233 e. The van der Waals surface area contributed by atoms with Gasteiger partial charge in [0.15, 0.2) is 5.96 Å². The summed E-state index contributed by atoms with van der Waals surface area (Å²) in [6.45, 7) is 10.5. The van der Waals surface area contributed by atoms with Gasteiger partial charge in [0.05, 0.1) is 24.5 Å². The van der Waals surface area contributed by atoms with Crippen LogP contribution in [0.15, 0.2) is 17.1 Å². The standard InChI is InChI=1S/C21H34N4O3/c1-6-22-20(24-12-15(28-5)21(2,3)4)23-9-10-25-18(26)16-13-7-8-14(11-13)17(16)19(25)27/h7-8,13-17H,6,9-12H2,1-5H3,(H2,22,23,24). The van der Waals surface area contributed by atoms with E-state index in [1.807, 2.05) is 6.92 Å². The predicted octanol–water partition coefficient (Wildman–Crippen LogP) is 1.41. The number of hydrogen-bond donors (Lipinski definition) is 2. The molecule has 0 aromatic carbocycles. The Morgan fingerprint density at radius 2 is 1.82 bits per heavy atom. The van der Waals surface area contributed by atoms with Gasteiger partial charge in [-0.3, -0.25) is 19.5 Å². The van der Waals surface area contributed by atoms with Crippen LogP contribution in [-0.4, -0.2) is 62.1 Å². The SMILES string of the molecule is CCNC(=NCC(OC)C(C)(C)C)NCCN1C(=O)C2C3C=CC(C3)C2C1=O. The summed E-state index contributed by atoms with van der Waals surface area (Å²) in [6, 6.07) is 0. The lowest BCUT2D eigenvalue weighted by molar-refractivity contribution is -0.140. The zero-order chi connectivity index (χ0) is 20.5. The molecule has 7 heteroatoms. The molecule has 0 radical (unpaired) electrons. The Morgan fingerprint density at radius 1 is 1.21 bits per heavy atom. The van der Waals surface area contributed by atoms with E-state index in [2.05, 4.69) is 48.5 Å². The minimum atomic E-state index is -0.126. The Bertz CT molecular complexity index is 637. The molecule has 5 unspecified atom stereocenters. The highest BCUT2D eigenvalue weighted by molar-refractivity contribution is 6.06. The third-order valence-electron chi connectivity index (χ3n) is 6.20. The van der Waals surface area contributed by atoms with E-state index in [1.54, 1.807) is 7.11 Å². The van der Waals surface area contributed by atoms with E-state index in [1.165, 1.54) is 4.90 Å². The number of guanidine groups is 1. The highest BCUT2D eigenvalue weighted by Crippen LogP contribution is 2.52. The zero-order valence-electron chi connectivity index (χ0n) is 17.7. The van der Waals surface area contributed by atoms with Gasteiger partial charge in [0.2, 0.25) is 11.8 Å².